The topological polar surface area (TPSA) is 116 Å². The third-order valence-corrected chi connectivity index (χ3v) is 9.90. The number of sulfone groups is 1. The van der Waals surface area contributed by atoms with E-state index < -0.39 is 21.9 Å². The molecule has 0 aromatic heterocycles. The molecule has 0 saturated carbocycles. The summed E-state index contributed by atoms with van der Waals surface area (Å²) in [6.45, 7) is 4.54. The fourth-order valence-corrected chi connectivity index (χ4v) is 6.95. The van der Waals surface area contributed by atoms with E-state index in [2.05, 4.69) is 11.0 Å². The first-order valence-corrected chi connectivity index (χ1v) is 17.9. The molecule has 0 radical (unpaired) electrons. The van der Waals surface area contributed by atoms with Crippen molar-refractivity contribution in [3.05, 3.63) is 81.4 Å². The zero-order chi connectivity index (χ0) is 33.0. The Hall–Kier alpha value is -3.56. The number of halogens is 2. The van der Waals surface area contributed by atoms with Gasteiger partial charge in [0.15, 0.2) is 0 Å². The number of amides is 2. The number of hydrogen-bond acceptors (Lipinski definition) is 8. The third kappa shape index (κ3) is 7.52. The molecule has 3 aliphatic rings. The van der Waals surface area contributed by atoms with Gasteiger partial charge in [-0.05, 0) is 43.2 Å². The monoisotopic (exact) mass is 685 g/mol. The highest BCUT2D eigenvalue weighted by Gasteiger charge is 2.47. The minimum atomic E-state index is -3.10. The molecule has 244 valence electrons. The lowest BCUT2D eigenvalue weighted by atomic mass is 9.85. The van der Waals surface area contributed by atoms with Crippen molar-refractivity contribution < 1.29 is 22.7 Å². The molecule has 0 spiro atoms. The van der Waals surface area contributed by atoms with E-state index in [1.807, 2.05) is 49.4 Å². The van der Waals surface area contributed by atoms with Crippen molar-refractivity contribution in [2.75, 3.05) is 58.4 Å². The number of carbonyl (C=O) groups excluding carboxylic acids is 1. The van der Waals surface area contributed by atoms with Crippen LogP contribution in [0.4, 0.5) is 4.79 Å². The molecule has 2 aliphatic heterocycles. The number of rotatable bonds is 9. The minimum Gasteiger partial charge on any atom is -0.495 e. The minimum absolute atomic E-state index is 0.0672. The number of amidine groups is 1. The standard InChI is InChI=1S/C33H37Cl2N5O5S/c1-4-45-29-20-28(44-2)24(21-36)19-27(29)32-37-30(22-5-9-25(34)10-6-22)31(23-7-11-26(35)12-8-23)40(32)33(41)39-15-13-38(14-16-39)17-18-46(3,42)43/h5-7,9-12,19-20,23,30-31H,4,8,13-18H2,1-3H3/t23?,30-,31+/m0/s1. The highest BCUT2D eigenvalue weighted by atomic mass is 35.5. The molecule has 2 aromatic carbocycles. The molecule has 0 N–H and O–H groups in total. The van der Waals surface area contributed by atoms with Crippen LogP contribution in [-0.4, -0.2) is 99.5 Å². The van der Waals surface area contributed by atoms with Crippen LogP contribution < -0.4 is 9.47 Å². The second kappa shape index (κ2) is 14.5. The lowest BCUT2D eigenvalue weighted by Gasteiger charge is -2.40. The fraction of sp³-hybridized carbons (Fsp3) is 0.424. The Bertz CT molecular complexity index is 1700. The van der Waals surface area contributed by atoms with Gasteiger partial charge in [-0.2, -0.15) is 5.26 Å². The van der Waals surface area contributed by atoms with Gasteiger partial charge >= 0.3 is 6.03 Å². The summed E-state index contributed by atoms with van der Waals surface area (Å²) in [5.74, 6) is 1.13. The number of hydrogen-bond donors (Lipinski definition) is 0. The number of carbonyl (C=O) groups is 1. The van der Waals surface area contributed by atoms with Gasteiger partial charge in [-0.25, -0.2) is 13.2 Å². The molecule has 3 atom stereocenters. The van der Waals surface area contributed by atoms with Gasteiger partial charge in [0.2, 0.25) is 0 Å². The molecule has 1 saturated heterocycles. The van der Waals surface area contributed by atoms with Gasteiger partial charge in [-0.3, -0.25) is 14.8 Å². The SMILES string of the molecule is CCOc1cc(OC)c(C#N)cc1C1=N[C@@H](c2ccc(Cl)cc2)[C@@H](C2C=CC(Cl)=CC2)N1C(=O)N1CCN(CCS(C)(=O)=O)CC1. The molecule has 1 aliphatic carbocycles. The number of urea groups is 1. The molecule has 5 rings (SSSR count). The Morgan fingerprint density at radius 1 is 1.11 bits per heavy atom. The van der Waals surface area contributed by atoms with Crippen LogP contribution in [0.2, 0.25) is 5.02 Å². The van der Waals surface area contributed by atoms with Crippen LogP contribution in [0.1, 0.15) is 36.1 Å². The zero-order valence-electron chi connectivity index (χ0n) is 26.0. The summed E-state index contributed by atoms with van der Waals surface area (Å²) in [5, 5.41) is 11.2. The summed E-state index contributed by atoms with van der Waals surface area (Å²) >= 11 is 12.6. The number of methoxy groups -OCH3 is 1. The predicted octanol–water partition coefficient (Wildman–Crippen LogP) is 5.27. The van der Waals surface area contributed by atoms with Gasteiger partial charge in [0, 0.05) is 61.0 Å². The Balaban J connectivity index is 1.60. The van der Waals surface area contributed by atoms with E-state index in [4.69, 9.17) is 37.7 Å². The van der Waals surface area contributed by atoms with Gasteiger partial charge in [-0.15, -0.1) is 0 Å². The van der Waals surface area contributed by atoms with Crippen LogP contribution in [0.3, 0.4) is 0 Å². The lowest BCUT2D eigenvalue weighted by Crippen LogP contribution is -2.57. The van der Waals surface area contributed by atoms with E-state index in [0.29, 0.717) is 78.7 Å². The first-order chi connectivity index (χ1) is 22.0. The molecule has 46 heavy (non-hydrogen) atoms. The maximum atomic E-state index is 14.7. The molecular weight excluding hydrogens is 649 g/mol. The van der Waals surface area contributed by atoms with Crippen molar-refractivity contribution in [1.29, 1.82) is 5.26 Å². The average molecular weight is 687 g/mol. The van der Waals surface area contributed by atoms with Crippen molar-refractivity contribution in [3.8, 4) is 17.6 Å². The molecule has 2 heterocycles. The third-order valence-electron chi connectivity index (χ3n) is 8.44. The number of allylic oxidation sites excluding steroid dienone is 3. The first kappa shape index (κ1) is 33.8. The van der Waals surface area contributed by atoms with Gasteiger partial charge in [0.25, 0.3) is 0 Å². The van der Waals surface area contributed by atoms with Crippen molar-refractivity contribution in [2.24, 2.45) is 10.9 Å². The number of ether oxygens (including phenoxy) is 2. The van der Waals surface area contributed by atoms with Crippen molar-refractivity contribution in [2.45, 2.75) is 25.4 Å². The van der Waals surface area contributed by atoms with Gasteiger partial charge < -0.3 is 14.4 Å². The normalized spacial score (nSPS) is 21.9. The van der Waals surface area contributed by atoms with Crippen LogP contribution in [0, 0.1) is 17.2 Å². The molecule has 10 nitrogen and oxygen atoms in total. The smallest absolute Gasteiger partial charge is 0.326 e. The quantitative estimate of drug-likeness (QED) is 0.353. The highest BCUT2D eigenvalue weighted by molar-refractivity contribution is 7.90. The van der Waals surface area contributed by atoms with Gasteiger partial charge in [-0.1, -0.05) is 47.5 Å². The van der Waals surface area contributed by atoms with E-state index in [1.54, 1.807) is 21.9 Å². The molecule has 2 amide bonds. The van der Waals surface area contributed by atoms with Crippen LogP contribution in [-0.2, 0) is 9.84 Å². The van der Waals surface area contributed by atoms with E-state index in [9.17, 15) is 18.5 Å². The number of nitrogens with zero attached hydrogens (tertiary/aromatic N) is 5. The van der Waals surface area contributed by atoms with Gasteiger partial charge in [0.1, 0.15) is 33.2 Å². The molecule has 13 heteroatoms. The second-order valence-corrected chi connectivity index (χ2v) is 14.6. The van der Waals surface area contributed by atoms with Crippen LogP contribution in [0.25, 0.3) is 0 Å². The van der Waals surface area contributed by atoms with Crippen LogP contribution >= 0.6 is 23.2 Å². The summed E-state index contributed by atoms with van der Waals surface area (Å²) in [7, 11) is -1.61. The zero-order valence-corrected chi connectivity index (χ0v) is 28.4. The molecule has 2 aromatic rings. The summed E-state index contributed by atoms with van der Waals surface area (Å²) in [6, 6.07) is 11.9. The molecule has 1 fully saturated rings. The predicted molar refractivity (Wildman–Crippen MR) is 180 cm³/mol. The van der Waals surface area contributed by atoms with Gasteiger partial charge in [0.05, 0.1) is 42.7 Å². The maximum absolute atomic E-state index is 14.7. The van der Waals surface area contributed by atoms with Crippen molar-refractivity contribution >= 4 is 44.9 Å². The van der Waals surface area contributed by atoms with E-state index in [1.165, 1.54) is 13.4 Å². The highest BCUT2D eigenvalue weighted by Crippen LogP contribution is 2.43. The Kier molecular flexibility index (Phi) is 10.6. The number of benzene rings is 2. The maximum Gasteiger partial charge on any atom is 0.326 e. The largest absolute Gasteiger partial charge is 0.495 e. The van der Waals surface area contributed by atoms with Crippen LogP contribution in [0.5, 0.6) is 11.5 Å². The summed E-state index contributed by atoms with van der Waals surface area (Å²) in [6.07, 6.45) is 7.64. The van der Waals surface area contributed by atoms with E-state index in [-0.39, 0.29) is 23.3 Å². The van der Waals surface area contributed by atoms with Crippen LogP contribution in [0.15, 0.2) is 64.7 Å². The first-order valence-electron chi connectivity index (χ1n) is 15.1. The van der Waals surface area contributed by atoms with E-state index >= 15 is 0 Å². The number of aliphatic imine (C=N–C) groups is 1. The Labute approximate surface area is 280 Å². The average Bonchev–Trinajstić information content (AvgIpc) is 3.44. The van der Waals surface area contributed by atoms with Crippen molar-refractivity contribution in [1.82, 2.24) is 14.7 Å². The number of piperazine rings is 1. The Morgan fingerprint density at radius 2 is 1.83 bits per heavy atom. The summed E-state index contributed by atoms with van der Waals surface area (Å²) in [4.78, 5) is 25.6. The number of nitriles is 1. The fourth-order valence-electron chi connectivity index (χ4n) is 6.07. The molecule has 0 bridgehead atoms. The Morgan fingerprint density at radius 3 is 2.41 bits per heavy atom. The molecular formula is C33H37Cl2N5O5S. The lowest BCUT2D eigenvalue weighted by molar-refractivity contribution is 0.117. The second-order valence-electron chi connectivity index (χ2n) is 11.5. The molecule has 1 unspecified atom stereocenters. The summed E-state index contributed by atoms with van der Waals surface area (Å²) in [5.41, 5.74) is 1.68. The van der Waals surface area contributed by atoms with E-state index in [0.717, 1.165) is 5.56 Å². The van der Waals surface area contributed by atoms with Crippen molar-refractivity contribution in [3.63, 3.8) is 0 Å². The summed E-state index contributed by atoms with van der Waals surface area (Å²) < 4.78 is 35.0.